The Bertz CT molecular complexity index is 673. The molecule has 0 radical (unpaired) electrons. The topological polar surface area (TPSA) is 100 Å². The number of nitrogens with zero attached hydrogens (tertiary/aromatic N) is 3. The van der Waals surface area contributed by atoms with E-state index in [1.165, 1.54) is 4.90 Å². The molecule has 0 saturated carbocycles. The SMILES string of the molecule is O=C1N2CC(c3cccnc3)=CC(C2)N1OS(=O)(=O)O. The van der Waals surface area contributed by atoms with Gasteiger partial charge >= 0.3 is 16.4 Å². The zero-order valence-electron chi connectivity index (χ0n) is 10.2. The summed E-state index contributed by atoms with van der Waals surface area (Å²) in [5.74, 6) is 0. The van der Waals surface area contributed by atoms with Crippen molar-refractivity contribution >= 4 is 22.0 Å². The number of carbonyl (C=O) groups excluding carboxylic acids is 1. The second-order valence-electron chi connectivity index (χ2n) is 4.49. The molecule has 2 aliphatic heterocycles. The molecular weight excluding hydrogens is 286 g/mol. The molecule has 1 fully saturated rings. The van der Waals surface area contributed by atoms with Crippen molar-refractivity contribution in [1.82, 2.24) is 14.9 Å². The summed E-state index contributed by atoms with van der Waals surface area (Å²) in [6, 6.07) is 2.47. The Morgan fingerprint density at radius 3 is 2.90 bits per heavy atom. The average Bonchev–Trinajstić information content (AvgIpc) is 2.62. The van der Waals surface area contributed by atoms with E-state index in [1.807, 2.05) is 6.07 Å². The molecule has 1 saturated heterocycles. The van der Waals surface area contributed by atoms with Gasteiger partial charge in [-0.15, -0.1) is 4.28 Å². The Labute approximate surface area is 115 Å². The van der Waals surface area contributed by atoms with Crippen molar-refractivity contribution in [3.63, 3.8) is 0 Å². The zero-order chi connectivity index (χ0) is 14.3. The van der Waals surface area contributed by atoms with Crippen LogP contribution >= 0.6 is 0 Å². The first-order valence-electron chi connectivity index (χ1n) is 5.80. The third kappa shape index (κ3) is 2.38. The van der Waals surface area contributed by atoms with E-state index in [-0.39, 0.29) is 0 Å². The van der Waals surface area contributed by atoms with Crippen LogP contribution in [0.5, 0.6) is 0 Å². The van der Waals surface area contributed by atoms with E-state index < -0.39 is 22.5 Å². The van der Waals surface area contributed by atoms with Gasteiger partial charge in [0.05, 0.1) is 6.04 Å². The van der Waals surface area contributed by atoms with Crippen LogP contribution in [0.2, 0.25) is 0 Å². The minimum absolute atomic E-state index is 0.318. The lowest BCUT2D eigenvalue weighted by Gasteiger charge is -2.21. The molecule has 2 aliphatic rings. The molecule has 106 valence electrons. The first kappa shape index (κ1) is 13.0. The van der Waals surface area contributed by atoms with Crippen LogP contribution in [0, 0.1) is 0 Å². The highest BCUT2D eigenvalue weighted by Crippen LogP contribution is 2.29. The van der Waals surface area contributed by atoms with Crippen LogP contribution in [0.15, 0.2) is 30.6 Å². The highest BCUT2D eigenvalue weighted by molar-refractivity contribution is 7.80. The van der Waals surface area contributed by atoms with Gasteiger partial charge in [-0.1, -0.05) is 12.1 Å². The standard InChI is InChI=1S/C11H11N3O5S/c15-11-13-6-9(8-2-1-3-12-5-8)4-10(7-13)14(11)19-20(16,17)18/h1-5,10H,6-7H2,(H,16,17,18). The fourth-order valence-corrected chi connectivity index (χ4v) is 2.71. The van der Waals surface area contributed by atoms with E-state index in [0.29, 0.717) is 18.2 Å². The van der Waals surface area contributed by atoms with Gasteiger partial charge in [0.2, 0.25) is 0 Å². The largest absolute Gasteiger partial charge is 0.418 e. The summed E-state index contributed by atoms with van der Waals surface area (Å²) in [4.78, 5) is 17.4. The molecule has 2 amide bonds. The fraction of sp³-hybridized carbons (Fsp3) is 0.273. The molecule has 9 heteroatoms. The lowest BCUT2D eigenvalue weighted by atomic mass is 10.0. The number of amides is 2. The summed E-state index contributed by atoms with van der Waals surface area (Å²) in [6.07, 6.45) is 5.04. The van der Waals surface area contributed by atoms with Crippen molar-refractivity contribution in [1.29, 1.82) is 0 Å². The number of rotatable bonds is 3. The molecule has 1 unspecified atom stereocenters. The smallest absolute Gasteiger partial charge is 0.316 e. The molecule has 2 bridgehead atoms. The highest BCUT2D eigenvalue weighted by Gasteiger charge is 2.43. The number of fused-ring (bicyclic) bond motifs is 2. The van der Waals surface area contributed by atoms with Crippen LogP contribution in [0.1, 0.15) is 5.56 Å². The van der Waals surface area contributed by atoms with Gasteiger partial charge in [0, 0.05) is 25.5 Å². The van der Waals surface area contributed by atoms with Crippen molar-refractivity contribution in [2.45, 2.75) is 6.04 Å². The molecule has 20 heavy (non-hydrogen) atoms. The van der Waals surface area contributed by atoms with Crippen LogP contribution in [0.4, 0.5) is 4.79 Å². The van der Waals surface area contributed by atoms with Gasteiger partial charge in [-0.25, -0.2) is 4.79 Å². The quantitative estimate of drug-likeness (QED) is 0.806. The summed E-state index contributed by atoms with van der Waals surface area (Å²) in [5, 5.41) is 0.665. The second kappa shape index (κ2) is 4.54. The average molecular weight is 297 g/mol. The maximum absolute atomic E-state index is 11.9. The molecular formula is C11H11N3O5S. The van der Waals surface area contributed by atoms with Crippen molar-refractivity contribution in [3.8, 4) is 0 Å². The number of urea groups is 1. The Balaban J connectivity index is 1.91. The van der Waals surface area contributed by atoms with Crippen LogP contribution in [0.3, 0.4) is 0 Å². The van der Waals surface area contributed by atoms with E-state index in [2.05, 4.69) is 9.27 Å². The third-order valence-electron chi connectivity index (χ3n) is 3.13. The summed E-state index contributed by atoms with van der Waals surface area (Å²) >= 11 is 0. The second-order valence-corrected chi connectivity index (χ2v) is 5.50. The summed E-state index contributed by atoms with van der Waals surface area (Å²) in [6.45, 7) is 0.657. The normalized spacial score (nSPS) is 22.1. The number of aromatic nitrogens is 1. The van der Waals surface area contributed by atoms with Crippen LogP contribution in [-0.4, -0.2) is 53.1 Å². The number of hydroxylamine groups is 2. The number of hydrogen-bond donors (Lipinski definition) is 1. The van der Waals surface area contributed by atoms with Crippen LogP contribution < -0.4 is 0 Å². The Kier molecular flexibility index (Phi) is 2.96. The minimum atomic E-state index is -4.72. The fourth-order valence-electron chi connectivity index (χ4n) is 2.33. The molecule has 0 spiro atoms. The van der Waals surface area contributed by atoms with Crippen molar-refractivity contribution < 1.29 is 22.0 Å². The summed E-state index contributed by atoms with van der Waals surface area (Å²) < 4.78 is 34.6. The molecule has 1 aromatic rings. The molecule has 1 N–H and O–H groups in total. The Hall–Kier alpha value is -1.97. The van der Waals surface area contributed by atoms with E-state index >= 15 is 0 Å². The molecule has 1 atom stereocenters. The van der Waals surface area contributed by atoms with E-state index in [9.17, 15) is 13.2 Å². The van der Waals surface area contributed by atoms with Gasteiger partial charge in [0.1, 0.15) is 0 Å². The first-order chi connectivity index (χ1) is 9.44. The van der Waals surface area contributed by atoms with Gasteiger partial charge in [0.15, 0.2) is 0 Å². The lowest BCUT2D eigenvalue weighted by molar-refractivity contribution is -0.0183. The monoisotopic (exact) mass is 297 g/mol. The Morgan fingerprint density at radius 2 is 2.25 bits per heavy atom. The van der Waals surface area contributed by atoms with Gasteiger partial charge in [0.25, 0.3) is 0 Å². The molecule has 3 heterocycles. The molecule has 0 aromatic carbocycles. The van der Waals surface area contributed by atoms with Gasteiger partial charge < -0.3 is 4.90 Å². The van der Waals surface area contributed by atoms with Gasteiger partial charge in [-0.2, -0.15) is 13.5 Å². The number of pyridine rings is 1. The van der Waals surface area contributed by atoms with E-state index in [4.69, 9.17) is 4.55 Å². The minimum Gasteiger partial charge on any atom is -0.316 e. The summed E-state index contributed by atoms with van der Waals surface area (Å²) in [7, 11) is -4.72. The number of hydrogen-bond acceptors (Lipinski definition) is 5. The maximum Gasteiger partial charge on any atom is 0.418 e. The summed E-state index contributed by atoms with van der Waals surface area (Å²) in [5.41, 5.74) is 1.70. The first-order valence-corrected chi connectivity index (χ1v) is 7.17. The Morgan fingerprint density at radius 1 is 1.45 bits per heavy atom. The number of carbonyl (C=O) groups is 1. The van der Waals surface area contributed by atoms with E-state index in [0.717, 1.165) is 11.1 Å². The van der Waals surface area contributed by atoms with Crippen molar-refractivity contribution in [2.24, 2.45) is 0 Å². The van der Waals surface area contributed by atoms with Crippen molar-refractivity contribution in [3.05, 3.63) is 36.2 Å². The lowest BCUT2D eigenvalue weighted by Crippen LogP contribution is -2.35. The molecule has 8 nitrogen and oxygen atoms in total. The maximum atomic E-state index is 11.9. The van der Waals surface area contributed by atoms with Crippen molar-refractivity contribution in [2.75, 3.05) is 13.1 Å². The highest BCUT2D eigenvalue weighted by atomic mass is 32.3. The van der Waals surface area contributed by atoms with Crippen LogP contribution in [-0.2, 0) is 14.7 Å². The van der Waals surface area contributed by atoms with Gasteiger partial charge in [-0.3, -0.25) is 9.54 Å². The molecule has 1 aromatic heterocycles. The predicted molar refractivity (Wildman–Crippen MR) is 67.4 cm³/mol. The van der Waals surface area contributed by atoms with Crippen LogP contribution in [0.25, 0.3) is 5.57 Å². The predicted octanol–water partition coefficient (Wildman–Crippen LogP) is 0.319. The molecule has 3 rings (SSSR count). The van der Waals surface area contributed by atoms with E-state index in [1.54, 1.807) is 24.5 Å². The zero-order valence-corrected chi connectivity index (χ0v) is 11.0. The van der Waals surface area contributed by atoms with Gasteiger partial charge in [-0.05, 0) is 17.2 Å². The molecule has 0 aliphatic carbocycles. The third-order valence-corrected chi connectivity index (χ3v) is 3.48.